The van der Waals surface area contributed by atoms with Crippen LogP contribution in [0.3, 0.4) is 0 Å². The number of sulfonamides is 1. The molecule has 1 fully saturated rings. The van der Waals surface area contributed by atoms with Crippen molar-refractivity contribution in [2.24, 2.45) is 0 Å². The van der Waals surface area contributed by atoms with Crippen molar-refractivity contribution in [3.05, 3.63) is 28.7 Å². The number of aromatic nitrogens is 1. The number of rotatable bonds is 4. The number of benzene rings is 1. The molecule has 108 valence electrons. The predicted octanol–water partition coefficient (Wildman–Crippen LogP) is 0.578. The average molecular weight is 298 g/mol. The first-order valence-electron chi connectivity index (χ1n) is 6.29. The Morgan fingerprint density at radius 3 is 3.00 bits per heavy atom. The second kappa shape index (κ2) is 5.04. The number of aromatic amines is 1. The topological polar surface area (TPSA) is 101 Å². The maximum absolute atomic E-state index is 12.1. The molecule has 8 heteroatoms. The smallest absolute Gasteiger partial charge is 0.408 e. The number of oxazole rings is 1. The summed E-state index contributed by atoms with van der Waals surface area (Å²) in [6, 6.07) is 4.25. The van der Waals surface area contributed by atoms with Crippen LogP contribution in [0.2, 0.25) is 0 Å². The van der Waals surface area contributed by atoms with Crippen LogP contribution in [0.1, 0.15) is 12.8 Å². The van der Waals surface area contributed by atoms with Crippen LogP contribution in [0, 0.1) is 0 Å². The van der Waals surface area contributed by atoms with Crippen LogP contribution in [-0.2, 0) is 14.8 Å². The molecule has 0 saturated carbocycles. The van der Waals surface area contributed by atoms with Crippen LogP contribution >= 0.6 is 0 Å². The summed E-state index contributed by atoms with van der Waals surface area (Å²) in [6.07, 6.45) is 1.74. The van der Waals surface area contributed by atoms with E-state index in [1.807, 2.05) is 0 Å². The first-order valence-corrected chi connectivity index (χ1v) is 7.77. The Bertz CT molecular complexity index is 770. The van der Waals surface area contributed by atoms with Gasteiger partial charge in [-0.3, -0.25) is 4.98 Å². The third-order valence-corrected chi connectivity index (χ3v) is 4.65. The molecule has 2 N–H and O–H groups in total. The number of hydrogen-bond acceptors (Lipinski definition) is 5. The van der Waals surface area contributed by atoms with E-state index in [0.717, 1.165) is 12.8 Å². The lowest BCUT2D eigenvalue weighted by atomic mass is 10.2. The molecule has 0 amide bonds. The van der Waals surface area contributed by atoms with E-state index in [2.05, 4.69) is 9.71 Å². The van der Waals surface area contributed by atoms with Crippen LogP contribution in [0.15, 0.2) is 32.3 Å². The van der Waals surface area contributed by atoms with Gasteiger partial charge in [-0.25, -0.2) is 17.9 Å². The number of hydrogen-bond donors (Lipinski definition) is 2. The highest BCUT2D eigenvalue weighted by atomic mass is 32.2. The average Bonchev–Trinajstić information content (AvgIpc) is 3.03. The number of ether oxygens (including phenoxy) is 1. The molecule has 1 aliphatic rings. The molecule has 0 bridgehead atoms. The van der Waals surface area contributed by atoms with Gasteiger partial charge in [-0.05, 0) is 25.0 Å². The monoisotopic (exact) mass is 298 g/mol. The van der Waals surface area contributed by atoms with E-state index in [1.54, 1.807) is 0 Å². The van der Waals surface area contributed by atoms with Crippen molar-refractivity contribution in [1.82, 2.24) is 9.71 Å². The largest absolute Gasteiger partial charge is 0.417 e. The number of fused-ring (bicyclic) bond motifs is 1. The van der Waals surface area contributed by atoms with Gasteiger partial charge in [-0.15, -0.1) is 0 Å². The molecule has 0 radical (unpaired) electrons. The summed E-state index contributed by atoms with van der Waals surface area (Å²) in [6.45, 7) is 0.921. The molecule has 3 rings (SSSR count). The van der Waals surface area contributed by atoms with Gasteiger partial charge in [0.2, 0.25) is 10.0 Å². The third-order valence-electron chi connectivity index (χ3n) is 3.23. The van der Waals surface area contributed by atoms with Gasteiger partial charge in [0.15, 0.2) is 5.58 Å². The quantitative estimate of drug-likeness (QED) is 0.859. The van der Waals surface area contributed by atoms with Crippen molar-refractivity contribution in [3.63, 3.8) is 0 Å². The Morgan fingerprint density at radius 1 is 1.40 bits per heavy atom. The highest BCUT2D eigenvalue weighted by Crippen LogP contribution is 2.17. The van der Waals surface area contributed by atoms with E-state index in [4.69, 9.17) is 9.15 Å². The van der Waals surface area contributed by atoms with Crippen LogP contribution in [0.25, 0.3) is 11.1 Å². The van der Waals surface area contributed by atoms with Crippen molar-refractivity contribution in [2.45, 2.75) is 23.8 Å². The molecule has 0 aliphatic carbocycles. The first-order chi connectivity index (χ1) is 9.54. The standard InChI is InChI=1S/C12H14N2O5S/c15-12-14-10-4-3-9(6-11(10)19-12)20(16,17)13-7-8-2-1-5-18-8/h3-4,6,8,13H,1-2,5,7H2,(H,14,15). The molecular weight excluding hydrogens is 284 g/mol. The molecule has 0 spiro atoms. The zero-order chi connectivity index (χ0) is 14.2. The minimum atomic E-state index is -3.64. The molecule has 2 aromatic rings. The SMILES string of the molecule is O=c1[nH]c2ccc(S(=O)(=O)NCC3CCCO3)cc2o1. The fraction of sp³-hybridized carbons (Fsp3) is 0.417. The zero-order valence-corrected chi connectivity index (χ0v) is 11.4. The minimum Gasteiger partial charge on any atom is -0.408 e. The Morgan fingerprint density at radius 2 is 2.25 bits per heavy atom. The molecule has 1 unspecified atom stereocenters. The minimum absolute atomic E-state index is 0.0609. The second-order valence-electron chi connectivity index (χ2n) is 4.66. The lowest BCUT2D eigenvalue weighted by molar-refractivity contribution is 0.114. The summed E-state index contributed by atoms with van der Waals surface area (Å²) in [5, 5.41) is 0. The fourth-order valence-electron chi connectivity index (χ4n) is 2.18. The molecule has 7 nitrogen and oxygen atoms in total. The Kier molecular flexibility index (Phi) is 3.36. The van der Waals surface area contributed by atoms with Crippen molar-refractivity contribution in [3.8, 4) is 0 Å². The van der Waals surface area contributed by atoms with E-state index >= 15 is 0 Å². The van der Waals surface area contributed by atoms with Gasteiger partial charge in [0.1, 0.15) is 0 Å². The molecule has 1 atom stereocenters. The summed E-state index contributed by atoms with van der Waals surface area (Å²) in [5.74, 6) is -0.609. The summed E-state index contributed by atoms with van der Waals surface area (Å²) in [4.78, 5) is 13.6. The zero-order valence-electron chi connectivity index (χ0n) is 10.6. The summed E-state index contributed by atoms with van der Waals surface area (Å²) in [5.41, 5.74) is 0.683. The summed E-state index contributed by atoms with van der Waals surface area (Å²) >= 11 is 0. The van der Waals surface area contributed by atoms with E-state index < -0.39 is 15.8 Å². The van der Waals surface area contributed by atoms with Crippen LogP contribution < -0.4 is 10.5 Å². The van der Waals surface area contributed by atoms with E-state index in [-0.39, 0.29) is 23.1 Å². The predicted molar refractivity (Wildman–Crippen MR) is 71.0 cm³/mol. The van der Waals surface area contributed by atoms with Gasteiger partial charge < -0.3 is 9.15 Å². The highest BCUT2D eigenvalue weighted by Gasteiger charge is 2.20. The van der Waals surface area contributed by atoms with Crippen LogP contribution in [-0.4, -0.2) is 32.7 Å². The Labute approximate surface area is 115 Å². The van der Waals surface area contributed by atoms with Gasteiger partial charge in [-0.1, -0.05) is 0 Å². The Hall–Kier alpha value is -1.64. The molecule has 2 heterocycles. The number of nitrogens with one attached hydrogen (secondary N) is 2. The van der Waals surface area contributed by atoms with Gasteiger partial charge >= 0.3 is 5.76 Å². The van der Waals surface area contributed by atoms with Gasteiger partial charge in [0, 0.05) is 19.2 Å². The van der Waals surface area contributed by atoms with E-state index in [0.29, 0.717) is 12.1 Å². The molecule has 20 heavy (non-hydrogen) atoms. The molecule has 1 aromatic heterocycles. The maximum atomic E-state index is 12.1. The normalized spacial score (nSPS) is 19.7. The van der Waals surface area contributed by atoms with Crippen molar-refractivity contribution in [2.75, 3.05) is 13.2 Å². The van der Waals surface area contributed by atoms with Crippen molar-refractivity contribution >= 4 is 21.1 Å². The van der Waals surface area contributed by atoms with Gasteiger partial charge in [-0.2, -0.15) is 0 Å². The van der Waals surface area contributed by atoms with E-state index in [9.17, 15) is 13.2 Å². The molecule has 1 saturated heterocycles. The third kappa shape index (κ3) is 2.62. The molecule has 1 aromatic carbocycles. The van der Waals surface area contributed by atoms with Crippen molar-refractivity contribution in [1.29, 1.82) is 0 Å². The van der Waals surface area contributed by atoms with Gasteiger partial charge in [0.25, 0.3) is 0 Å². The van der Waals surface area contributed by atoms with Crippen LogP contribution in [0.5, 0.6) is 0 Å². The lowest BCUT2D eigenvalue weighted by Crippen LogP contribution is -2.31. The highest BCUT2D eigenvalue weighted by molar-refractivity contribution is 7.89. The number of H-pyrrole nitrogens is 1. The van der Waals surface area contributed by atoms with Crippen molar-refractivity contribution < 1.29 is 17.6 Å². The molecular formula is C12H14N2O5S. The lowest BCUT2D eigenvalue weighted by Gasteiger charge is -2.11. The van der Waals surface area contributed by atoms with Gasteiger partial charge in [0.05, 0.1) is 16.5 Å². The first kappa shape index (κ1) is 13.3. The summed E-state index contributed by atoms with van der Waals surface area (Å²) in [7, 11) is -3.64. The van der Waals surface area contributed by atoms with E-state index in [1.165, 1.54) is 18.2 Å². The summed E-state index contributed by atoms with van der Waals surface area (Å²) < 4.78 is 37.0. The second-order valence-corrected chi connectivity index (χ2v) is 6.43. The molecule has 1 aliphatic heterocycles. The van der Waals surface area contributed by atoms with Crippen LogP contribution in [0.4, 0.5) is 0 Å². The fourth-order valence-corrected chi connectivity index (χ4v) is 3.27. The maximum Gasteiger partial charge on any atom is 0.417 e. The Balaban J connectivity index is 1.82.